The van der Waals surface area contributed by atoms with E-state index in [1.807, 2.05) is 6.92 Å². The van der Waals surface area contributed by atoms with Gasteiger partial charge in [0.1, 0.15) is 6.61 Å². The van der Waals surface area contributed by atoms with E-state index in [1.54, 1.807) is 6.08 Å². The van der Waals surface area contributed by atoms with E-state index in [9.17, 15) is 24.6 Å². The predicted octanol–water partition coefficient (Wildman–Crippen LogP) is 2.90. The first-order valence-corrected chi connectivity index (χ1v) is 13.6. The van der Waals surface area contributed by atoms with Gasteiger partial charge in [-0.1, -0.05) is 25.8 Å². The van der Waals surface area contributed by atoms with Crippen LogP contribution >= 0.6 is 0 Å². The van der Waals surface area contributed by atoms with E-state index in [2.05, 4.69) is 11.8 Å². The van der Waals surface area contributed by atoms with Crippen molar-refractivity contribution in [3.63, 3.8) is 0 Å². The van der Waals surface area contributed by atoms with Gasteiger partial charge < -0.3 is 14.9 Å². The molecule has 0 aliphatic heterocycles. The highest BCUT2D eigenvalue weighted by atomic mass is 17.1. The number of fused-ring (bicyclic) bond motifs is 5. The van der Waals surface area contributed by atoms with Crippen molar-refractivity contribution in [2.45, 2.75) is 96.2 Å². The zero-order valence-corrected chi connectivity index (χ0v) is 21.9. The van der Waals surface area contributed by atoms with Crippen LogP contribution in [0.25, 0.3) is 0 Å². The molecule has 208 valence electrons. The van der Waals surface area contributed by atoms with Crippen molar-refractivity contribution < 1.29 is 44.6 Å². The first kappa shape index (κ1) is 28.3. The Hall–Kier alpha value is -1.69. The standard InChI is InChI=1S/C27H41NO9/c1-25-11-9-18(30)14-17(25)7-8-19-20-10-12-27(22(32)16-29,26(20,2)15-21(31)24(19)25)37-23(33)6-4-3-5-13-36-28(34)35/h14,19-21,24,29,31,34-35H,3-13,15-16H2,1-2H3/t19?,20?,21-,24+,25-,26-,27-/m0/s1. The molecule has 0 aromatic carbocycles. The van der Waals surface area contributed by atoms with Gasteiger partial charge in [0.05, 0.1) is 18.1 Å². The van der Waals surface area contributed by atoms with Gasteiger partial charge in [-0.25, -0.2) is 0 Å². The highest BCUT2D eigenvalue weighted by molar-refractivity contribution is 5.92. The molecule has 10 heteroatoms. The van der Waals surface area contributed by atoms with Crippen LogP contribution in [0, 0.1) is 28.6 Å². The third-order valence-corrected chi connectivity index (χ3v) is 10.1. The summed E-state index contributed by atoms with van der Waals surface area (Å²) >= 11 is 0. The number of ketones is 2. The number of aliphatic hydroxyl groups is 2. The first-order valence-electron chi connectivity index (χ1n) is 13.6. The SMILES string of the molecule is C[C@]12CCC(=O)C=C1CCC1C3CC[C@](OC(=O)CCCCCON(O)O)(C(=O)CO)[C@@]3(C)C[C@H](O)[C@@H]12. The van der Waals surface area contributed by atoms with Crippen molar-refractivity contribution in [1.29, 1.82) is 0 Å². The summed E-state index contributed by atoms with van der Waals surface area (Å²) in [4.78, 5) is 42.8. The van der Waals surface area contributed by atoms with Gasteiger partial charge in [-0.15, -0.1) is 0 Å². The number of nitrogens with zero attached hydrogens (tertiary/aromatic N) is 1. The zero-order valence-electron chi connectivity index (χ0n) is 21.9. The molecule has 4 rings (SSSR count). The van der Waals surface area contributed by atoms with Gasteiger partial charge in [0.15, 0.2) is 11.4 Å². The molecule has 7 atom stereocenters. The normalized spacial score (nSPS) is 39.0. The van der Waals surface area contributed by atoms with Crippen LogP contribution in [0.3, 0.4) is 0 Å². The number of esters is 1. The number of hydrogen-bond acceptors (Lipinski definition) is 10. The maximum atomic E-state index is 13.3. The average molecular weight is 524 g/mol. The summed E-state index contributed by atoms with van der Waals surface area (Å²) in [6.45, 7) is 3.45. The Morgan fingerprint density at radius 3 is 2.57 bits per heavy atom. The third kappa shape index (κ3) is 4.92. The Balaban J connectivity index is 1.51. The summed E-state index contributed by atoms with van der Waals surface area (Å²) < 4.78 is 6.01. The van der Waals surface area contributed by atoms with Gasteiger partial charge in [0.2, 0.25) is 5.78 Å². The molecule has 0 saturated heterocycles. The maximum absolute atomic E-state index is 13.3. The number of carbonyl (C=O) groups excluding carboxylic acids is 3. The van der Waals surface area contributed by atoms with Crippen LogP contribution in [0.4, 0.5) is 0 Å². The van der Waals surface area contributed by atoms with Crippen molar-refractivity contribution in [3.05, 3.63) is 11.6 Å². The lowest BCUT2D eigenvalue weighted by atomic mass is 9.45. The van der Waals surface area contributed by atoms with E-state index in [4.69, 9.17) is 15.2 Å². The predicted molar refractivity (Wildman–Crippen MR) is 129 cm³/mol. The minimum Gasteiger partial charge on any atom is -0.450 e. The van der Waals surface area contributed by atoms with E-state index >= 15 is 0 Å². The Morgan fingerprint density at radius 2 is 1.86 bits per heavy atom. The molecule has 10 nitrogen and oxygen atoms in total. The molecule has 2 unspecified atom stereocenters. The molecule has 0 radical (unpaired) electrons. The molecule has 0 aromatic heterocycles. The third-order valence-electron chi connectivity index (χ3n) is 10.1. The van der Waals surface area contributed by atoms with Crippen LogP contribution in [0.5, 0.6) is 0 Å². The van der Waals surface area contributed by atoms with Gasteiger partial charge in [0, 0.05) is 18.3 Å². The molecule has 3 fully saturated rings. The number of hydrogen-bond donors (Lipinski definition) is 4. The topological polar surface area (TPSA) is 154 Å². The Bertz CT molecular complexity index is 935. The maximum Gasteiger partial charge on any atom is 0.306 e. The number of Topliss-reactive ketones (excluding diaryl/α,β-unsaturated/α-hetero) is 1. The van der Waals surface area contributed by atoms with Gasteiger partial charge >= 0.3 is 5.97 Å². The van der Waals surface area contributed by atoms with Crippen molar-refractivity contribution in [2.24, 2.45) is 28.6 Å². The zero-order chi connectivity index (χ0) is 27.0. The summed E-state index contributed by atoms with van der Waals surface area (Å²) in [5.41, 5.74) is -1.41. The first-order chi connectivity index (χ1) is 17.5. The minimum absolute atomic E-state index is 0.0228. The second-order valence-corrected chi connectivity index (χ2v) is 11.9. The summed E-state index contributed by atoms with van der Waals surface area (Å²) in [6, 6.07) is 0. The summed E-state index contributed by atoms with van der Waals surface area (Å²) in [5.74, 6) is -0.713. The lowest BCUT2D eigenvalue weighted by molar-refractivity contribution is -0.492. The average Bonchev–Trinajstić information content (AvgIpc) is 3.13. The molecule has 4 aliphatic carbocycles. The number of allylic oxidation sites excluding steroid dienone is 1. The van der Waals surface area contributed by atoms with Gasteiger partial charge in [-0.2, -0.15) is 0 Å². The summed E-state index contributed by atoms with van der Waals surface area (Å²) in [5, 5.41) is 38.3. The van der Waals surface area contributed by atoms with Gasteiger partial charge in [0.25, 0.3) is 0 Å². The number of aliphatic hydroxyl groups excluding tert-OH is 2. The van der Waals surface area contributed by atoms with Crippen molar-refractivity contribution >= 4 is 17.5 Å². The fraction of sp³-hybridized carbons (Fsp3) is 0.815. The van der Waals surface area contributed by atoms with Crippen LogP contribution in [-0.4, -0.2) is 68.5 Å². The molecule has 0 bridgehead atoms. The molecular weight excluding hydrogens is 482 g/mol. The number of ether oxygens (including phenoxy) is 1. The Kier molecular flexibility index (Phi) is 8.28. The molecule has 4 N–H and O–H groups in total. The van der Waals surface area contributed by atoms with Gasteiger partial charge in [-0.3, -0.25) is 29.6 Å². The van der Waals surface area contributed by atoms with Crippen LogP contribution in [-0.2, 0) is 24.0 Å². The number of rotatable bonds is 10. The summed E-state index contributed by atoms with van der Waals surface area (Å²) in [7, 11) is 0. The van der Waals surface area contributed by atoms with Crippen LogP contribution < -0.4 is 0 Å². The van der Waals surface area contributed by atoms with Crippen molar-refractivity contribution in [3.8, 4) is 0 Å². The second-order valence-electron chi connectivity index (χ2n) is 11.9. The quantitative estimate of drug-likeness (QED) is 0.191. The summed E-state index contributed by atoms with van der Waals surface area (Å²) in [6.07, 6.45) is 6.81. The van der Waals surface area contributed by atoms with Crippen molar-refractivity contribution in [2.75, 3.05) is 13.2 Å². The van der Waals surface area contributed by atoms with E-state index < -0.39 is 35.5 Å². The van der Waals surface area contributed by atoms with E-state index in [0.717, 1.165) is 18.4 Å². The molecular formula is C27H41NO9. The molecule has 0 amide bonds. The number of unbranched alkanes of at least 4 members (excludes halogenated alkanes) is 2. The molecule has 37 heavy (non-hydrogen) atoms. The minimum atomic E-state index is -1.48. The Morgan fingerprint density at radius 1 is 1.11 bits per heavy atom. The van der Waals surface area contributed by atoms with Crippen LogP contribution in [0.15, 0.2) is 11.6 Å². The van der Waals surface area contributed by atoms with Crippen molar-refractivity contribution in [1.82, 2.24) is 5.39 Å². The fourth-order valence-electron chi connectivity index (χ4n) is 8.43. The molecule has 0 heterocycles. The van der Waals surface area contributed by atoms with Crippen LogP contribution in [0.1, 0.15) is 84.5 Å². The number of carbonyl (C=O) groups is 3. The van der Waals surface area contributed by atoms with Crippen LogP contribution in [0.2, 0.25) is 0 Å². The second kappa shape index (κ2) is 10.8. The highest BCUT2D eigenvalue weighted by Gasteiger charge is 2.70. The smallest absolute Gasteiger partial charge is 0.306 e. The lowest BCUT2D eigenvalue weighted by Gasteiger charge is -2.60. The van der Waals surface area contributed by atoms with E-state index in [0.29, 0.717) is 51.4 Å². The van der Waals surface area contributed by atoms with E-state index in [1.165, 1.54) is 0 Å². The molecule has 0 spiro atoms. The molecule has 0 aromatic rings. The lowest BCUT2D eigenvalue weighted by Crippen LogP contribution is -2.63. The molecule has 4 aliphatic rings. The monoisotopic (exact) mass is 523 g/mol. The van der Waals surface area contributed by atoms with Gasteiger partial charge in [-0.05, 0) is 80.6 Å². The molecule has 3 saturated carbocycles. The van der Waals surface area contributed by atoms with E-state index in [-0.39, 0.29) is 47.4 Å². The largest absolute Gasteiger partial charge is 0.450 e. The Labute approximate surface area is 217 Å². The highest BCUT2D eigenvalue weighted by Crippen LogP contribution is 2.68. The fourth-order valence-corrected chi connectivity index (χ4v) is 8.43.